The van der Waals surface area contributed by atoms with E-state index in [4.69, 9.17) is 27.9 Å². The van der Waals surface area contributed by atoms with Crippen molar-refractivity contribution in [2.75, 3.05) is 13.2 Å². The van der Waals surface area contributed by atoms with Crippen LogP contribution in [0, 0.1) is 11.8 Å². The molecule has 0 heterocycles. The molecule has 0 aromatic heterocycles. The maximum absolute atomic E-state index is 11.6. The van der Waals surface area contributed by atoms with Gasteiger partial charge < -0.3 is 10.1 Å². The second-order valence-electron chi connectivity index (χ2n) is 5.26. The third kappa shape index (κ3) is 4.90. The van der Waals surface area contributed by atoms with Gasteiger partial charge in [0.05, 0.1) is 5.92 Å². The third-order valence-corrected chi connectivity index (χ3v) is 4.08. The molecule has 1 N–H and O–H groups in total. The Morgan fingerprint density at radius 3 is 2.71 bits per heavy atom. The zero-order valence-electron chi connectivity index (χ0n) is 11.7. The van der Waals surface area contributed by atoms with E-state index < -0.39 is 0 Å². The summed E-state index contributed by atoms with van der Waals surface area (Å²) in [6.07, 6.45) is 1.45. The van der Waals surface area contributed by atoms with Crippen LogP contribution in [0.5, 0.6) is 0 Å². The van der Waals surface area contributed by atoms with Crippen molar-refractivity contribution in [1.82, 2.24) is 5.32 Å². The van der Waals surface area contributed by atoms with Crippen molar-refractivity contribution in [2.24, 2.45) is 11.8 Å². The van der Waals surface area contributed by atoms with Crippen LogP contribution in [0.25, 0.3) is 0 Å². The summed E-state index contributed by atoms with van der Waals surface area (Å²) < 4.78 is 4.95. The summed E-state index contributed by atoms with van der Waals surface area (Å²) in [5.74, 6) is -0.224. The molecule has 1 saturated carbocycles. The normalized spacial score (nSPS) is 20.0. The second-order valence-corrected chi connectivity index (χ2v) is 6.11. The predicted molar refractivity (Wildman–Crippen MR) is 81.4 cm³/mol. The highest BCUT2D eigenvalue weighted by Crippen LogP contribution is 2.38. The van der Waals surface area contributed by atoms with Gasteiger partial charge in [-0.3, -0.25) is 9.59 Å². The molecule has 1 fully saturated rings. The van der Waals surface area contributed by atoms with Gasteiger partial charge in [-0.15, -0.1) is 0 Å². The monoisotopic (exact) mass is 329 g/mol. The fourth-order valence-electron chi connectivity index (χ4n) is 2.01. The number of rotatable bonds is 6. The summed E-state index contributed by atoms with van der Waals surface area (Å²) in [6.45, 7) is 2.19. The van der Waals surface area contributed by atoms with E-state index in [0.717, 1.165) is 12.0 Å². The van der Waals surface area contributed by atoms with E-state index in [9.17, 15) is 9.59 Å². The van der Waals surface area contributed by atoms with Crippen molar-refractivity contribution in [1.29, 1.82) is 0 Å². The Hall–Kier alpha value is -1.26. The van der Waals surface area contributed by atoms with Gasteiger partial charge in [0, 0.05) is 16.6 Å². The largest absolute Gasteiger partial charge is 0.455 e. The van der Waals surface area contributed by atoms with Crippen molar-refractivity contribution < 1.29 is 14.3 Å². The Morgan fingerprint density at radius 2 is 2.10 bits per heavy atom. The molecule has 1 aromatic rings. The van der Waals surface area contributed by atoms with Gasteiger partial charge in [0.1, 0.15) is 0 Å². The molecule has 0 unspecified atom stereocenters. The Morgan fingerprint density at radius 1 is 1.38 bits per heavy atom. The average Bonchev–Trinajstić information content (AvgIpc) is 3.16. The maximum Gasteiger partial charge on any atom is 0.309 e. The average molecular weight is 330 g/mol. The van der Waals surface area contributed by atoms with Gasteiger partial charge in [0.2, 0.25) is 0 Å². The Kier molecular flexibility index (Phi) is 5.48. The van der Waals surface area contributed by atoms with Gasteiger partial charge in [-0.25, -0.2) is 0 Å². The minimum absolute atomic E-state index is 0.0225. The fraction of sp³-hybridized carbons (Fsp3) is 0.467. The highest BCUT2D eigenvalue weighted by atomic mass is 35.5. The van der Waals surface area contributed by atoms with Crippen molar-refractivity contribution >= 4 is 35.1 Å². The summed E-state index contributed by atoms with van der Waals surface area (Å²) in [6, 6.07) is 5.24. The van der Waals surface area contributed by atoms with Crippen LogP contribution in [0.15, 0.2) is 18.2 Å². The minimum atomic E-state index is -0.304. The number of halogens is 2. The first-order chi connectivity index (χ1) is 9.97. The van der Waals surface area contributed by atoms with Crippen molar-refractivity contribution in [3.05, 3.63) is 33.8 Å². The predicted octanol–water partition coefficient (Wildman–Crippen LogP) is 2.85. The zero-order chi connectivity index (χ0) is 15.4. The molecule has 4 nitrogen and oxygen atoms in total. The second kappa shape index (κ2) is 7.14. The first kappa shape index (κ1) is 16.1. The molecule has 6 heteroatoms. The molecule has 1 aliphatic carbocycles. The summed E-state index contributed by atoms with van der Waals surface area (Å²) in [5, 5.41) is 3.84. The fourth-order valence-corrected chi connectivity index (χ4v) is 2.51. The number of benzene rings is 1. The van der Waals surface area contributed by atoms with Crippen LogP contribution in [0.4, 0.5) is 0 Å². The summed E-state index contributed by atoms with van der Waals surface area (Å²) in [7, 11) is 0. The number of ether oxygens (including phenoxy) is 1. The number of amides is 1. The number of hydrogen-bond donors (Lipinski definition) is 1. The van der Waals surface area contributed by atoms with Crippen LogP contribution < -0.4 is 5.32 Å². The van der Waals surface area contributed by atoms with E-state index in [1.54, 1.807) is 12.1 Å². The first-order valence-corrected chi connectivity index (χ1v) is 7.60. The van der Waals surface area contributed by atoms with Crippen LogP contribution in [0.3, 0.4) is 0 Å². The topological polar surface area (TPSA) is 55.4 Å². The highest BCUT2D eigenvalue weighted by molar-refractivity contribution is 6.35. The minimum Gasteiger partial charge on any atom is -0.455 e. The van der Waals surface area contributed by atoms with Gasteiger partial charge in [0.25, 0.3) is 5.91 Å². The first-order valence-electron chi connectivity index (χ1n) is 6.84. The van der Waals surface area contributed by atoms with Gasteiger partial charge in [0.15, 0.2) is 6.61 Å². The Bertz CT molecular complexity index is 548. The van der Waals surface area contributed by atoms with Crippen LogP contribution in [0.2, 0.25) is 10.0 Å². The molecule has 1 amide bonds. The van der Waals surface area contributed by atoms with Gasteiger partial charge >= 0.3 is 5.97 Å². The van der Waals surface area contributed by atoms with Crippen LogP contribution in [-0.4, -0.2) is 25.0 Å². The maximum atomic E-state index is 11.6. The van der Waals surface area contributed by atoms with Crippen LogP contribution >= 0.6 is 23.2 Å². The Labute approximate surface area is 133 Å². The highest BCUT2D eigenvalue weighted by Gasteiger charge is 2.40. The lowest BCUT2D eigenvalue weighted by Gasteiger charge is -2.08. The number of esters is 1. The van der Waals surface area contributed by atoms with E-state index in [1.165, 1.54) is 0 Å². The lowest BCUT2D eigenvalue weighted by atomic mass is 10.1. The molecule has 0 saturated heterocycles. The molecule has 0 spiro atoms. The molecule has 114 valence electrons. The quantitative estimate of drug-likeness (QED) is 0.816. The molecule has 1 aliphatic rings. The molecule has 21 heavy (non-hydrogen) atoms. The molecule has 2 rings (SSSR count). The molecule has 0 radical (unpaired) electrons. The molecular weight excluding hydrogens is 313 g/mol. The standard InChI is InChI=1S/C15H17Cl2NO3/c1-9-6-12(9)15(20)21-8-14(19)18-5-4-10-2-3-11(16)7-13(10)17/h2-3,7,9,12H,4-6,8H2,1H3,(H,18,19)/t9-,12-/m1/s1. The lowest BCUT2D eigenvalue weighted by Crippen LogP contribution is -2.30. The van der Waals surface area contributed by atoms with Crippen molar-refractivity contribution in [2.45, 2.75) is 19.8 Å². The molecule has 1 aromatic carbocycles. The number of carbonyl (C=O) groups excluding carboxylic acids is 2. The molecule has 2 atom stereocenters. The van der Waals surface area contributed by atoms with E-state index in [1.807, 2.05) is 13.0 Å². The van der Waals surface area contributed by atoms with E-state index in [0.29, 0.717) is 28.9 Å². The summed E-state index contributed by atoms with van der Waals surface area (Å²) >= 11 is 11.8. The van der Waals surface area contributed by atoms with E-state index >= 15 is 0 Å². The van der Waals surface area contributed by atoms with Gasteiger partial charge in [-0.1, -0.05) is 36.2 Å². The number of hydrogen-bond acceptors (Lipinski definition) is 3. The van der Waals surface area contributed by atoms with E-state index in [2.05, 4.69) is 5.32 Å². The molecule has 0 aliphatic heterocycles. The zero-order valence-corrected chi connectivity index (χ0v) is 13.2. The van der Waals surface area contributed by atoms with E-state index in [-0.39, 0.29) is 24.4 Å². The Balaban J connectivity index is 1.66. The third-order valence-electron chi connectivity index (χ3n) is 3.49. The smallest absolute Gasteiger partial charge is 0.309 e. The number of nitrogens with one attached hydrogen (secondary N) is 1. The lowest BCUT2D eigenvalue weighted by molar-refractivity contribution is -0.150. The van der Waals surface area contributed by atoms with Crippen molar-refractivity contribution in [3.8, 4) is 0 Å². The summed E-state index contributed by atoms with van der Waals surface area (Å²) in [5.41, 5.74) is 0.908. The summed E-state index contributed by atoms with van der Waals surface area (Å²) in [4.78, 5) is 23.0. The van der Waals surface area contributed by atoms with Crippen LogP contribution in [-0.2, 0) is 20.7 Å². The van der Waals surface area contributed by atoms with Gasteiger partial charge in [-0.05, 0) is 36.5 Å². The van der Waals surface area contributed by atoms with Crippen molar-refractivity contribution in [3.63, 3.8) is 0 Å². The SMILES string of the molecule is C[C@@H]1C[C@H]1C(=O)OCC(=O)NCCc1ccc(Cl)cc1Cl. The molecule has 0 bridgehead atoms. The number of carbonyl (C=O) groups is 2. The van der Waals surface area contributed by atoms with Crippen LogP contribution in [0.1, 0.15) is 18.9 Å². The van der Waals surface area contributed by atoms with Gasteiger partial charge in [-0.2, -0.15) is 0 Å². The molecular formula is C15H17Cl2NO3.